The van der Waals surface area contributed by atoms with Crippen molar-refractivity contribution in [1.82, 2.24) is 4.72 Å². The van der Waals surface area contributed by atoms with Gasteiger partial charge in [-0.15, -0.1) is 0 Å². The molecule has 1 aliphatic rings. The molecule has 0 aliphatic heterocycles. The molecule has 0 unspecified atom stereocenters. The minimum Gasteiger partial charge on any atom is -0.289 e. The van der Waals surface area contributed by atoms with Gasteiger partial charge in [-0.2, -0.15) is 0 Å². The smallest absolute Gasteiger partial charge is 0.240 e. The van der Waals surface area contributed by atoms with E-state index in [0.717, 1.165) is 12.8 Å². The van der Waals surface area contributed by atoms with Crippen molar-refractivity contribution in [1.29, 1.82) is 0 Å². The number of sulfonamides is 1. The van der Waals surface area contributed by atoms with E-state index in [1.807, 2.05) is 6.92 Å². The first-order valence-electron chi connectivity index (χ1n) is 7.78. The monoisotopic (exact) mass is 343 g/mol. The summed E-state index contributed by atoms with van der Waals surface area (Å²) in [6, 6.07) is 10.6. The van der Waals surface area contributed by atoms with Crippen molar-refractivity contribution < 1.29 is 18.0 Å². The van der Waals surface area contributed by atoms with Crippen molar-refractivity contribution in [3.63, 3.8) is 0 Å². The molecule has 2 aromatic rings. The fourth-order valence-corrected chi connectivity index (χ4v) is 3.81. The van der Waals surface area contributed by atoms with Crippen LogP contribution < -0.4 is 4.72 Å². The van der Waals surface area contributed by atoms with Crippen LogP contribution in [0.1, 0.15) is 51.6 Å². The summed E-state index contributed by atoms with van der Waals surface area (Å²) in [4.78, 5) is 25.1. The van der Waals surface area contributed by atoms with Gasteiger partial charge < -0.3 is 0 Å². The molecule has 124 valence electrons. The SMILES string of the molecule is CCCCNS(=O)(=O)c1ccc2c(c1)C(=O)c1ccccc1C2=O. The first-order chi connectivity index (χ1) is 11.5. The first-order valence-corrected chi connectivity index (χ1v) is 9.26. The minimum absolute atomic E-state index is 0.00196. The van der Waals surface area contributed by atoms with Crippen molar-refractivity contribution in [2.75, 3.05) is 6.54 Å². The molecule has 1 N–H and O–H groups in total. The summed E-state index contributed by atoms with van der Waals surface area (Å²) in [7, 11) is -3.70. The number of rotatable bonds is 5. The standard InChI is InChI=1S/C18H17NO4S/c1-2-3-10-19-24(22,23)12-8-9-15-16(11-12)18(21)14-7-5-4-6-13(14)17(15)20/h4-9,11,19H,2-3,10H2,1H3. The zero-order chi connectivity index (χ0) is 17.3. The maximum atomic E-state index is 12.6. The van der Waals surface area contributed by atoms with Gasteiger partial charge in [0, 0.05) is 28.8 Å². The van der Waals surface area contributed by atoms with E-state index >= 15 is 0 Å². The highest BCUT2D eigenvalue weighted by Crippen LogP contribution is 2.28. The zero-order valence-electron chi connectivity index (χ0n) is 13.2. The van der Waals surface area contributed by atoms with Crippen LogP contribution in [-0.2, 0) is 10.0 Å². The molecule has 0 atom stereocenters. The predicted octanol–water partition coefficient (Wildman–Crippen LogP) is 2.54. The van der Waals surface area contributed by atoms with Gasteiger partial charge in [0.15, 0.2) is 11.6 Å². The molecule has 2 aromatic carbocycles. The summed E-state index contributed by atoms with van der Waals surface area (Å²) >= 11 is 0. The van der Waals surface area contributed by atoms with Crippen molar-refractivity contribution in [2.24, 2.45) is 0 Å². The largest absolute Gasteiger partial charge is 0.289 e. The highest BCUT2D eigenvalue weighted by molar-refractivity contribution is 7.89. The molecule has 1 aliphatic carbocycles. The van der Waals surface area contributed by atoms with Gasteiger partial charge in [-0.1, -0.05) is 37.6 Å². The number of ketones is 2. The number of benzene rings is 2. The molecular weight excluding hydrogens is 326 g/mol. The Bertz CT molecular complexity index is 932. The van der Waals surface area contributed by atoms with Crippen LogP contribution >= 0.6 is 0 Å². The van der Waals surface area contributed by atoms with Crippen molar-refractivity contribution in [3.05, 3.63) is 64.7 Å². The molecule has 0 bridgehead atoms. The molecule has 0 amide bonds. The Morgan fingerprint density at radius 3 is 2.08 bits per heavy atom. The second-order valence-electron chi connectivity index (χ2n) is 5.66. The van der Waals surface area contributed by atoms with Gasteiger partial charge in [-0.05, 0) is 24.6 Å². The molecule has 0 aromatic heterocycles. The molecule has 0 saturated heterocycles. The molecule has 0 spiro atoms. The normalized spacial score (nSPS) is 13.5. The number of hydrogen-bond acceptors (Lipinski definition) is 4. The summed E-state index contributed by atoms with van der Waals surface area (Å²) in [6.45, 7) is 2.31. The second-order valence-corrected chi connectivity index (χ2v) is 7.43. The summed E-state index contributed by atoms with van der Waals surface area (Å²) < 4.78 is 27.1. The number of nitrogens with one attached hydrogen (secondary N) is 1. The lowest BCUT2D eigenvalue weighted by Crippen LogP contribution is -2.26. The van der Waals surface area contributed by atoms with Crippen LogP contribution in [0.5, 0.6) is 0 Å². The summed E-state index contributed by atoms with van der Waals surface area (Å²) in [5.74, 6) is -0.589. The van der Waals surface area contributed by atoms with Gasteiger partial charge in [0.1, 0.15) is 0 Å². The molecule has 5 nitrogen and oxygen atoms in total. The Morgan fingerprint density at radius 2 is 1.46 bits per heavy atom. The van der Waals surface area contributed by atoms with Crippen molar-refractivity contribution in [3.8, 4) is 0 Å². The maximum absolute atomic E-state index is 12.6. The Labute approximate surface area is 140 Å². The lowest BCUT2D eigenvalue weighted by molar-refractivity contribution is 0.0979. The van der Waals surface area contributed by atoms with E-state index in [0.29, 0.717) is 17.7 Å². The van der Waals surface area contributed by atoms with Crippen LogP contribution in [0.4, 0.5) is 0 Å². The van der Waals surface area contributed by atoms with E-state index in [-0.39, 0.29) is 27.6 Å². The van der Waals surface area contributed by atoms with Gasteiger partial charge in [0.2, 0.25) is 10.0 Å². The lowest BCUT2D eigenvalue weighted by atomic mass is 9.84. The van der Waals surface area contributed by atoms with Crippen LogP contribution in [0.2, 0.25) is 0 Å². The summed E-state index contributed by atoms with van der Waals surface area (Å²) in [5.41, 5.74) is 1.04. The number of hydrogen-bond donors (Lipinski definition) is 1. The van der Waals surface area contributed by atoms with Gasteiger partial charge in [-0.25, -0.2) is 13.1 Å². The minimum atomic E-state index is -3.70. The summed E-state index contributed by atoms with van der Waals surface area (Å²) in [5, 5.41) is 0. The topological polar surface area (TPSA) is 80.3 Å². The van der Waals surface area contributed by atoms with Crippen molar-refractivity contribution in [2.45, 2.75) is 24.7 Å². The maximum Gasteiger partial charge on any atom is 0.240 e. The Hall–Kier alpha value is -2.31. The molecule has 0 radical (unpaired) electrons. The zero-order valence-corrected chi connectivity index (χ0v) is 14.0. The number of carbonyl (C=O) groups excluding carboxylic acids is 2. The van der Waals surface area contributed by atoms with Gasteiger partial charge in [-0.3, -0.25) is 9.59 Å². The number of fused-ring (bicyclic) bond motifs is 2. The molecular formula is C18H17NO4S. The van der Waals surface area contributed by atoms with Gasteiger partial charge in [0.05, 0.1) is 4.90 Å². The predicted molar refractivity (Wildman–Crippen MR) is 89.8 cm³/mol. The fourth-order valence-electron chi connectivity index (χ4n) is 2.71. The van der Waals surface area contributed by atoms with Gasteiger partial charge >= 0.3 is 0 Å². The molecule has 0 fully saturated rings. The van der Waals surface area contributed by atoms with E-state index < -0.39 is 10.0 Å². The lowest BCUT2D eigenvalue weighted by Gasteiger charge is -2.18. The Morgan fingerprint density at radius 1 is 0.875 bits per heavy atom. The fraction of sp³-hybridized carbons (Fsp3) is 0.222. The van der Waals surface area contributed by atoms with E-state index in [2.05, 4.69) is 4.72 Å². The van der Waals surface area contributed by atoms with E-state index in [9.17, 15) is 18.0 Å². The average Bonchev–Trinajstić information content (AvgIpc) is 2.59. The molecule has 0 saturated carbocycles. The Kier molecular flexibility index (Phi) is 4.34. The third-order valence-electron chi connectivity index (χ3n) is 4.03. The highest BCUT2D eigenvalue weighted by Gasteiger charge is 2.30. The van der Waals surface area contributed by atoms with E-state index in [4.69, 9.17) is 0 Å². The molecule has 3 rings (SSSR count). The molecule has 6 heteroatoms. The van der Waals surface area contributed by atoms with Gasteiger partial charge in [0.25, 0.3) is 0 Å². The molecule has 0 heterocycles. The average molecular weight is 343 g/mol. The van der Waals surface area contributed by atoms with Crippen LogP contribution in [0.15, 0.2) is 47.4 Å². The quantitative estimate of drug-likeness (QED) is 0.722. The molecule has 24 heavy (non-hydrogen) atoms. The van der Waals surface area contributed by atoms with E-state index in [1.54, 1.807) is 24.3 Å². The van der Waals surface area contributed by atoms with Crippen LogP contribution in [0.25, 0.3) is 0 Å². The van der Waals surface area contributed by atoms with E-state index in [1.165, 1.54) is 18.2 Å². The highest BCUT2D eigenvalue weighted by atomic mass is 32.2. The second kappa shape index (κ2) is 6.30. The Balaban J connectivity index is 2.03. The third-order valence-corrected chi connectivity index (χ3v) is 5.49. The van der Waals surface area contributed by atoms with Crippen molar-refractivity contribution >= 4 is 21.6 Å². The number of unbranched alkanes of at least 4 members (excludes halogenated alkanes) is 1. The van der Waals surface area contributed by atoms with Crippen LogP contribution in [0.3, 0.4) is 0 Å². The van der Waals surface area contributed by atoms with Crippen LogP contribution in [0, 0.1) is 0 Å². The van der Waals surface area contributed by atoms with Crippen LogP contribution in [-0.4, -0.2) is 26.5 Å². The number of carbonyl (C=O) groups is 2. The third kappa shape index (κ3) is 2.79. The first kappa shape index (κ1) is 16.5. The summed E-state index contributed by atoms with van der Waals surface area (Å²) in [6.07, 6.45) is 1.60.